The Kier molecular flexibility index (Phi) is 5.83. The third kappa shape index (κ3) is 3.71. The molecule has 5 heteroatoms. The number of benzene rings is 1. The molecule has 1 aromatic carbocycles. The Labute approximate surface area is 119 Å². The van der Waals surface area contributed by atoms with Gasteiger partial charge in [0.1, 0.15) is 18.0 Å². The van der Waals surface area contributed by atoms with Crippen LogP contribution in [0.25, 0.3) is 11.0 Å². The van der Waals surface area contributed by atoms with Crippen LogP contribution in [-0.4, -0.2) is 29.6 Å². The second kappa shape index (κ2) is 7.87. The van der Waals surface area contributed by atoms with Crippen molar-refractivity contribution in [2.24, 2.45) is 0 Å². The summed E-state index contributed by atoms with van der Waals surface area (Å²) in [6.45, 7) is 6.38. The van der Waals surface area contributed by atoms with Gasteiger partial charge in [-0.25, -0.2) is 4.98 Å². The fourth-order valence-corrected chi connectivity index (χ4v) is 1.90. The molecule has 0 N–H and O–H groups in total. The zero-order valence-corrected chi connectivity index (χ0v) is 12.2. The Morgan fingerprint density at radius 2 is 1.90 bits per heavy atom. The van der Waals surface area contributed by atoms with Crippen molar-refractivity contribution in [3.05, 3.63) is 24.5 Å². The van der Waals surface area contributed by atoms with Crippen molar-refractivity contribution in [1.29, 1.82) is 0 Å². The zero-order valence-electron chi connectivity index (χ0n) is 12.2. The quantitative estimate of drug-likeness (QED) is 0.522. The maximum atomic E-state index is 5.62. The number of ether oxygens (including phenoxy) is 3. The fourth-order valence-electron chi connectivity index (χ4n) is 1.90. The summed E-state index contributed by atoms with van der Waals surface area (Å²) in [4.78, 5) is 4.40. The minimum atomic E-state index is 0.256. The van der Waals surface area contributed by atoms with E-state index in [0.717, 1.165) is 36.2 Å². The summed E-state index contributed by atoms with van der Waals surface area (Å²) in [5, 5.41) is 0. The van der Waals surface area contributed by atoms with Gasteiger partial charge in [-0.15, -0.1) is 0 Å². The van der Waals surface area contributed by atoms with E-state index in [4.69, 9.17) is 14.2 Å². The molecule has 20 heavy (non-hydrogen) atoms. The van der Waals surface area contributed by atoms with E-state index in [1.807, 2.05) is 22.8 Å². The van der Waals surface area contributed by atoms with Crippen molar-refractivity contribution in [3.63, 3.8) is 0 Å². The summed E-state index contributed by atoms with van der Waals surface area (Å²) in [5.74, 6) is 0.743. The lowest BCUT2D eigenvalue weighted by Gasteiger charge is -2.08. The molecule has 1 heterocycles. The van der Waals surface area contributed by atoms with Crippen LogP contribution < -0.4 is 4.74 Å². The highest BCUT2D eigenvalue weighted by molar-refractivity contribution is 5.81. The molecule has 2 rings (SSSR count). The van der Waals surface area contributed by atoms with Crippen molar-refractivity contribution in [2.75, 3.05) is 20.0 Å². The number of hydrogen-bond acceptors (Lipinski definition) is 4. The van der Waals surface area contributed by atoms with Crippen molar-refractivity contribution in [1.82, 2.24) is 9.55 Å². The molecule has 0 radical (unpaired) electrons. The fraction of sp³-hybridized carbons (Fsp3) is 0.533. The second-order valence-corrected chi connectivity index (χ2v) is 4.55. The van der Waals surface area contributed by atoms with Crippen molar-refractivity contribution in [2.45, 2.75) is 33.4 Å². The highest BCUT2D eigenvalue weighted by Crippen LogP contribution is 2.24. The molecule has 0 amide bonds. The first-order chi connectivity index (χ1) is 9.86. The van der Waals surface area contributed by atoms with Crippen LogP contribution in [0.1, 0.15) is 26.7 Å². The van der Waals surface area contributed by atoms with Crippen LogP contribution in [0.5, 0.6) is 5.75 Å². The van der Waals surface area contributed by atoms with E-state index >= 15 is 0 Å². The lowest BCUT2D eigenvalue weighted by atomic mass is 10.3. The largest absolute Gasteiger partial charge is 0.465 e. The van der Waals surface area contributed by atoms with Gasteiger partial charge in [-0.2, -0.15) is 0 Å². The molecule has 0 aliphatic carbocycles. The number of nitrogens with zero attached hydrogens (tertiary/aromatic N) is 2. The van der Waals surface area contributed by atoms with Gasteiger partial charge in [-0.1, -0.05) is 19.9 Å². The first-order valence-corrected chi connectivity index (χ1v) is 7.09. The third-order valence-electron chi connectivity index (χ3n) is 2.84. The number of imidazole rings is 1. The number of para-hydroxylation sites is 1. The average Bonchev–Trinajstić information content (AvgIpc) is 2.88. The molecule has 0 aliphatic rings. The lowest BCUT2D eigenvalue weighted by Crippen LogP contribution is -2.04. The first-order valence-electron chi connectivity index (χ1n) is 7.09. The van der Waals surface area contributed by atoms with E-state index < -0.39 is 0 Å². The van der Waals surface area contributed by atoms with Crippen molar-refractivity contribution in [3.8, 4) is 5.75 Å². The van der Waals surface area contributed by atoms with Crippen LogP contribution in [0.3, 0.4) is 0 Å². The number of aromatic nitrogens is 2. The molecule has 2 aromatic rings. The van der Waals surface area contributed by atoms with Crippen molar-refractivity contribution >= 4 is 11.0 Å². The molecule has 0 saturated heterocycles. The summed E-state index contributed by atoms with van der Waals surface area (Å²) < 4.78 is 18.5. The molecule has 110 valence electrons. The SMILES string of the molecule is CCCOCOc1cccc2c1ncn2COCCC. The molecular formula is C15H22N2O3. The minimum absolute atomic E-state index is 0.256. The Morgan fingerprint density at radius 3 is 2.70 bits per heavy atom. The summed E-state index contributed by atoms with van der Waals surface area (Å²) in [7, 11) is 0. The number of rotatable bonds is 9. The Hall–Kier alpha value is -1.59. The third-order valence-corrected chi connectivity index (χ3v) is 2.84. The summed E-state index contributed by atoms with van der Waals surface area (Å²) in [6, 6.07) is 5.87. The molecule has 5 nitrogen and oxygen atoms in total. The van der Waals surface area contributed by atoms with E-state index in [2.05, 4.69) is 18.8 Å². The van der Waals surface area contributed by atoms with Gasteiger partial charge in [0.05, 0.1) is 18.5 Å². The predicted molar refractivity (Wildman–Crippen MR) is 77.7 cm³/mol. The van der Waals surface area contributed by atoms with Gasteiger partial charge in [0.15, 0.2) is 6.79 Å². The smallest absolute Gasteiger partial charge is 0.189 e. The van der Waals surface area contributed by atoms with Crippen LogP contribution in [0.4, 0.5) is 0 Å². The van der Waals surface area contributed by atoms with E-state index in [1.165, 1.54) is 0 Å². The standard InChI is InChI=1S/C15H22N2O3/c1-3-8-18-11-17-10-16-15-13(17)6-5-7-14(15)20-12-19-9-4-2/h5-7,10H,3-4,8-9,11-12H2,1-2H3. The lowest BCUT2D eigenvalue weighted by molar-refractivity contribution is 0.0165. The second-order valence-electron chi connectivity index (χ2n) is 4.55. The minimum Gasteiger partial charge on any atom is -0.465 e. The molecule has 0 atom stereocenters. The van der Waals surface area contributed by atoms with E-state index in [9.17, 15) is 0 Å². The van der Waals surface area contributed by atoms with Crippen LogP contribution in [0.2, 0.25) is 0 Å². The van der Waals surface area contributed by atoms with E-state index in [-0.39, 0.29) is 6.79 Å². The van der Waals surface area contributed by atoms with Crippen LogP contribution in [0, 0.1) is 0 Å². The van der Waals surface area contributed by atoms with Gasteiger partial charge in [-0.3, -0.25) is 0 Å². The normalized spacial score (nSPS) is 11.1. The number of fused-ring (bicyclic) bond motifs is 1. The predicted octanol–water partition coefficient (Wildman–Crippen LogP) is 3.18. The molecule has 1 aromatic heterocycles. The van der Waals surface area contributed by atoms with E-state index in [1.54, 1.807) is 6.33 Å². The van der Waals surface area contributed by atoms with Crippen LogP contribution >= 0.6 is 0 Å². The van der Waals surface area contributed by atoms with Gasteiger partial charge < -0.3 is 18.8 Å². The summed E-state index contributed by atoms with van der Waals surface area (Å²) >= 11 is 0. The Balaban J connectivity index is 2.04. The molecule has 0 saturated carbocycles. The monoisotopic (exact) mass is 278 g/mol. The maximum absolute atomic E-state index is 5.62. The summed E-state index contributed by atoms with van der Waals surface area (Å²) in [5.41, 5.74) is 1.85. The van der Waals surface area contributed by atoms with E-state index in [0.29, 0.717) is 13.3 Å². The van der Waals surface area contributed by atoms with Crippen LogP contribution in [0.15, 0.2) is 24.5 Å². The first kappa shape index (κ1) is 14.8. The Morgan fingerprint density at radius 1 is 1.10 bits per heavy atom. The topological polar surface area (TPSA) is 45.5 Å². The van der Waals surface area contributed by atoms with Crippen molar-refractivity contribution < 1.29 is 14.2 Å². The highest BCUT2D eigenvalue weighted by Gasteiger charge is 2.08. The van der Waals surface area contributed by atoms with Gasteiger partial charge in [-0.05, 0) is 25.0 Å². The molecule has 0 unspecified atom stereocenters. The highest BCUT2D eigenvalue weighted by atomic mass is 16.7. The molecule has 0 bridgehead atoms. The molecule has 0 fully saturated rings. The van der Waals surface area contributed by atoms with Gasteiger partial charge >= 0.3 is 0 Å². The Bertz CT molecular complexity index is 525. The zero-order chi connectivity index (χ0) is 14.2. The molecule has 0 aliphatic heterocycles. The maximum Gasteiger partial charge on any atom is 0.189 e. The summed E-state index contributed by atoms with van der Waals surface area (Å²) in [6.07, 6.45) is 3.77. The average molecular weight is 278 g/mol. The number of hydrogen-bond donors (Lipinski definition) is 0. The van der Waals surface area contributed by atoms with Gasteiger partial charge in [0, 0.05) is 6.61 Å². The molecular weight excluding hydrogens is 256 g/mol. The van der Waals surface area contributed by atoms with Crippen LogP contribution in [-0.2, 0) is 16.2 Å². The van der Waals surface area contributed by atoms with Gasteiger partial charge in [0.2, 0.25) is 0 Å². The molecule has 0 spiro atoms. The van der Waals surface area contributed by atoms with Gasteiger partial charge in [0.25, 0.3) is 0 Å².